The minimum absolute atomic E-state index is 0.0868. The van der Waals surface area contributed by atoms with E-state index in [1.54, 1.807) is 6.07 Å². The van der Waals surface area contributed by atoms with Gasteiger partial charge in [-0.3, -0.25) is 14.5 Å². The molecule has 19 heavy (non-hydrogen) atoms. The summed E-state index contributed by atoms with van der Waals surface area (Å²) < 4.78 is 37.0. The van der Waals surface area contributed by atoms with Crippen molar-refractivity contribution in [3.05, 3.63) is 29.8 Å². The average Bonchev–Trinajstić information content (AvgIpc) is 2.34. The number of benzene rings is 1. The predicted molar refractivity (Wildman–Crippen MR) is 57.2 cm³/mol. The highest BCUT2D eigenvalue weighted by Crippen LogP contribution is 2.23. The molecule has 0 unspecified atom stereocenters. The first-order valence-electron chi connectivity index (χ1n) is 4.86. The van der Waals surface area contributed by atoms with Crippen molar-refractivity contribution >= 4 is 17.6 Å². The summed E-state index contributed by atoms with van der Waals surface area (Å²) in [6.45, 7) is -1.12. The molecule has 0 bridgehead atoms. The minimum atomic E-state index is -5.18. The fourth-order valence-electron chi connectivity index (χ4n) is 1.28. The summed E-state index contributed by atoms with van der Waals surface area (Å²) in [6, 6.07) is 6.28. The van der Waals surface area contributed by atoms with E-state index in [-0.39, 0.29) is 16.2 Å². The van der Waals surface area contributed by atoms with Crippen LogP contribution in [0.1, 0.15) is 5.56 Å². The van der Waals surface area contributed by atoms with Crippen LogP contribution < -0.4 is 4.90 Å². The third-order valence-electron chi connectivity index (χ3n) is 2.09. The smallest absolute Gasteiger partial charge is 0.471 e. The molecule has 100 valence electrons. The lowest BCUT2D eigenvalue weighted by Crippen LogP contribution is -2.44. The maximum atomic E-state index is 12.3. The molecule has 5 nitrogen and oxygen atoms in total. The quantitative estimate of drug-likeness (QED) is 0.904. The van der Waals surface area contributed by atoms with Crippen LogP contribution in [0.15, 0.2) is 24.3 Å². The second kappa shape index (κ2) is 5.39. The van der Waals surface area contributed by atoms with Gasteiger partial charge in [-0.05, 0) is 24.3 Å². The Morgan fingerprint density at radius 2 is 1.79 bits per heavy atom. The van der Waals surface area contributed by atoms with Gasteiger partial charge in [-0.25, -0.2) is 0 Å². The Kier molecular flexibility index (Phi) is 4.11. The molecule has 1 N–H and O–H groups in total. The van der Waals surface area contributed by atoms with Crippen LogP contribution in [0.3, 0.4) is 0 Å². The van der Waals surface area contributed by atoms with Gasteiger partial charge in [0.2, 0.25) is 0 Å². The van der Waals surface area contributed by atoms with E-state index in [1.807, 2.05) is 0 Å². The van der Waals surface area contributed by atoms with E-state index < -0.39 is 24.6 Å². The first kappa shape index (κ1) is 14.5. The second-order valence-corrected chi connectivity index (χ2v) is 3.44. The number of carbonyl (C=O) groups excluding carboxylic acids is 1. The van der Waals surface area contributed by atoms with Crippen LogP contribution in [0.4, 0.5) is 18.9 Å². The number of rotatable bonds is 3. The molecule has 1 aromatic carbocycles. The van der Waals surface area contributed by atoms with Gasteiger partial charge >= 0.3 is 18.1 Å². The molecule has 0 atom stereocenters. The number of carbonyl (C=O) groups is 2. The number of carboxylic acids is 1. The molecule has 0 saturated carbocycles. The number of nitriles is 1. The number of amides is 1. The van der Waals surface area contributed by atoms with Crippen LogP contribution in [0.5, 0.6) is 0 Å². The predicted octanol–water partition coefficient (Wildman–Crippen LogP) is 1.54. The molecule has 0 fully saturated rings. The zero-order valence-corrected chi connectivity index (χ0v) is 9.31. The van der Waals surface area contributed by atoms with E-state index >= 15 is 0 Å². The third kappa shape index (κ3) is 3.70. The van der Waals surface area contributed by atoms with Gasteiger partial charge in [0.15, 0.2) is 0 Å². The number of halogens is 3. The van der Waals surface area contributed by atoms with Gasteiger partial charge in [-0.2, -0.15) is 18.4 Å². The molecule has 0 aliphatic carbocycles. The molecule has 8 heteroatoms. The largest absolute Gasteiger partial charge is 0.480 e. The number of hydrogen-bond donors (Lipinski definition) is 1. The monoisotopic (exact) mass is 272 g/mol. The van der Waals surface area contributed by atoms with Crippen molar-refractivity contribution in [2.45, 2.75) is 6.18 Å². The number of alkyl halides is 3. The first-order chi connectivity index (χ1) is 8.75. The molecule has 0 heterocycles. The molecule has 0 aliphatic heterocycles. The molecule has 0 aromatic heterocycles. The summed E-state index contributed by atoms with van der Waals surface area (Å²) in [5.74, 6) is -3.86. The highest BCUT2D eigenvalue weighted by molar-refractivity contribution is 6.00. The standard InChI is InChI=1S/C11H7F3N2O3/c12-11(13,14)10(19)16(6-9(17)18)8-3-1-7(5-15)2-4-8/h1-4H,6H2,(H,17,18). The normalized spacial score (nSPS) is 10.6. The number of aliphatic carboxylic acids is 1. The molecule has 0 spiro atoms. The van der Waals surface area contributed by atoms with E-state index in [9.17, 15) is 22.8 Å². The van der Waals surface area contributed by atoms with Crippen LogP contribution >= 0.6 is 0 Å². The Bertz CT molecular complexity index is 532. The lowest BCUT2D eigenvalue weighted by molar-refractivity contribution is -0.170. The summed E-state index contributed by atoms with van der Waals surface area (Å²) in [7, 11) is 0. The lowest BCUT2D eigenvalue weighted by Gasteiger charge is -2.21. The van der Waals surface area contributed by atoms with Gasteiger partial charge in [0, 0.05) is 5.69 Å². The van der Waals surface area contributed by atoms with E-state index in [0.29, 0.717) is 0 Å². The van der Waals surface area contributed by atoms with Crippen molar-refractivity contribution in [2.24, 2.45) is 0 Å². The Morgan fingerprint density at radius 3 is 2.16 bits per heavy atom. The second-order valence-electron chi connectivity index (χ2n) is 3.44. The van der Waals surface area contributed by atoms with Gasteiger partial charge in [0.1, 0.15) is 6.54 Å². The van der Waals surface area contributed by atoms with Gasteiger partial charge in [-0.1, -0.05) is 0 Å². The Labute approximate surface area is 105 Å². The van der Waals surface area contributed by atoms with Gasteiger partial charge < -0.3 is 5.11 Å². The van der Waals surface area contributed by atoms with Crippen molar-refractivity contribution < 1.29 is 27.9 Å². The van der Waals surface area contributed by atoms with Crippen molar-refractivity contribution in [3.8, 4) is 6.07 Å². The zero-order valence-electron chi connectivity index (χ0n) is 9.31. The fraction of sp³-hybridized carbons (Fsp3) is 0.182. The molecule has 0 radical (unpaired) electrons. The maximum Gasteiger partial charge on any atom is 0.471 e. The SMILES string of the molecule is N#Cc1ccc(N(CC(=O)O)C(=O)C(F)(F)F)cc1. The number of carboxylic acid groups (broad SMARTS) is 1. The van der Waals surface area contributed by atoms with Gasteiger partial charge in [0.25, 0.3) is 0 Å². The minimum Gasteiger partial charge on any atom is -0.480 e. The van der Waals surface area contributed by atoms with Crippen molar-refractivity contribution in [3.63, 3.8) is 0 Å². The molecule has 1 aromatic rings. The summed E-state index contributed by atoms with van der Waals surface area (Å²) in [5.41, 5.74) is -0.0674. The Hall–Kier alpha value is -2.56. The third-order valence-corrected chi connectivity index (χ3v) is 2.09. The molecular formula is C11H7F3N2O3. The Morgan fingerprint density at radius 1 is 1.26 bits per heavy atom. The fourth-order valence-corrected chi connectivity index (χ4v) is 1.28. The van der Waals surface area contributed by atoms with E-state index in [2.05, 4.69) is 0 Å². The highest BCUT2D eigenvalue weighted by Gasteiger charge is 2.43. The maximum absolute atomic E-state index is 12.3. The van der Waals surface area contributed by atoms with Gasteiger partial charge in [0.05, 0.1) is 11.6 Å². The topological polar surface area (TPSA) is 81.4 Å². The van der Waals surface area contributed by atoms with E-state index in [4.69, 9.17) is 10.4 Å². The van der Waals surface area contributed by atoms with Crippen molar-refractivity contribution in [1.82, 2.24) is 0 Å². The number of anilines is 1. The summed E-state index contributed by atoms with van der Waals surface area (Å²) in [6.07, 6.45) is -5.18. The van der Waals surface area contributed by atoms with Crippen molar-refractivity contribution in [2.75, 3.05) is 11.4 Å². The van der Waals surface area contributed by atoms with E-state index in [1.165, 1.54) is 12.1 Å². The van der Waals surface area contributed by atoms with Crippen LogP contribution in [0.25, 0.3) is 0 Å². The number of hydrogen-bond acceptors (Lipinski definition) is 3. The van der Waals surface area contributed by atoms with Crippen LogP contribution in [0.2, 0.25) is 0 Å². The summed E-state index contributed by atoms with van der Waals surface area (Å²) in [4.78, 5) is 21.7. The molecule has 0 saturated heterocycles. The van der Waals surface area contributed by atoms with Crippen LogP contribution in [-0.2, 0) is 9.59 Å². The molecule has 1 rings (SSSR count). The summed E-state index contributed by atoms with van der Waals surface area (Å²) in [5, 5.41) is 17.1. The van der Waals surface area contributed by atoms with Gasteiger partial charge in [-0.15, -0.1) is 0 Å². The first-order valence-corrected chi connectivity index (χ1v) is 4.86. The molecule has 0 aliphatic rings. The molecule has 1 amide bonds. The number of nitrogens with zero attached hydrogens (tertiary/aromatic N) is 2. The molecular weight excluding hydrogens is 265 g/mol. The highest BCUT2D eigenvalue weighted by atomic mass is 19.4. The average molecular weight is 272 g/mol. The Balaban J connectivity index is 3.13. The zero-order chi connectivity index (χ0) is 14.6. The van der Waals surface area contributed by atoms with Crippen LogP contribution in [0, 0.1) is 11.3 Å². The van der Waals surface area contributed by atoms with Crippen LogP contribution in [-0.4, -0.2) is 29.7 Å². The van der Waals surface area contributed by atoms with Crippen molar-refractivity contribution in [1.29, 1.82) is 5.26 Å². The lowest BCUT2D eigenvalue weighted by atomic mass is 10.2. The summed E-state index contributed by atoms with van der Waals surface area (Å²) >= 11 is 0. The van der Waals surface area contributed by atoms with E-state index in [0.717, 1.165) is 12.1 Å².